The Hall–Kier alpha value is -1.29. The Balaban J connectivity index is 1.67. The monoisotopic (exact) mass is 362 g/mol. The summed E-state index contributed by atoms with van der Waals surface area (Å²) >= 11 is 6.45. The number of hydrogen-bond acceptors (Lipinski definition) is 2. The van der Waals surface area contributed by atoms with Gasteiger partial charge in [-0.3, -0.25) is 0 Å². The van der Waals surface area contributed by atoms with Gasteiger partial charge in [0.25, 0.3) is 0 Å². The van der Waals surface area contributed by atoms with E-state index in [1.165, 1.54) is 5.56 Å². The fourth-order valence-corrected chi connectivity index (χ4v) is 4.37. The highest BCUT2D eigenvalue weighted by molar-refractivity contribution is 6.31. The average Bonchev–Trinajstić information content (AvgIpc) is 3.06. The summed E-state index contributed by atoms with van der Waals surface area (Å²) in [7, 11) is 0. The Morgan fingerprint density at radius 3 is 2.72 bits per heavy atom. The fourth-order valence-electron chi connectivity index (χ4n) is 4.17. The van der Waals surface area contributed by atoms with Gasteiger partial charge in [-0.05, 0) is 62.3 Å². The van der Waals surface area contributed by atoms with E-state index in [4.69, 9.17) is 20.8 Å². The minimum absolute atomic E-state index is 0.0689. The zero-order valence-electron chi connectivity index (χ0n) is 15.3. The van der Waals surface area contributed by atoms with Crippen LogP contribution in [0, 0.1) is 5.41 Å². The molecule has 1 fully saturated rings. The van der Waals surface area contributed by atoms with Gasteiger partial charge in [-0.15, -0.1) is 0 Å². The molecular formula is C21H29ClNO2+. The average molecular weight is 363 g/mol. The van der Waals surface area contributed by atoms with Crippen LogP contribution in [0.3, 0.4) is 0 Å². The zero-order valence-corrected chi connectivity index (χ0v) is 16.0. The molecule has 1 atom stereocenters. The molecule has 3 rings (SSSR count). The third-order valence-electron chi connectivity index (χ3n) is 5.25. The van der Waals surface area contributed by atoms with Crippen molar-refractivity contribution in [1.82, 2.24) is 0 Å². The van der Waals surface area contributed by atoms with Gasteiger partial charge >= 0.3 is 0 Å². The fraction of sp³-hybridized carbons (Fsp3) is 0.524. The van der Waals surface area contributed by atoms with Gasteiger partial charge in [0.2, 0.25) is 0 Å². The second-order valence-electron chi connectivity index (χ2n) is 7.91. The molecule has 2 aromatic rings. The van der Waals surface area contributed by atoms with E-state index in [0.29, 0.717) is 0 Å². The van der Waals surface area contributed by atoms with Crippen LogP contribution in [-0.4, -0.2) is 18.8 Å². The van der Waals surface area contributed by atoms with Crippen molar-refractivity contribution in [3.05, 3.63) is 59.0 Å². The standard InChI is InChI=1S/C21H28ClNO2/c1-20(2)16-21(10-13-25-20,14-17-6-3-4-8-19(17)22)9-11-23-15-18-7-5-12-24-18/h3-8,12,23H,9-11,13-16H2,1-2H3/p+1/t21-/m0/s1. The highest BCUT2D eigenvalue weighted by Gasteiger charge is 2.41. The largest absolute Gasteiger partial charge is 0.463 e. The molecule has 0 saturated carbocycles. The molecule has 1 aromatic carbocycles. The molecule has 2 N–H and O–H groups in total. The maximum absolute atomic E-state index is 6.45. The lowest BCUT2D eigenvalue weighted by Gasteiger charge is -2.45. The van der Waals surface area contributed by atoms with Crippen molar-refractivity contribution in [3.8, 4) is 0 Å². The normalized spacial score (nSPS) is 22.8. The second-order valence-corrected chi connectivity index (χ2v) is 8.32. The number of rotatable bonds is 7. The minimum atomic E-state index is -0.0689. The van der Waals surface area contributed by atoms with E-state index in [0.717, 1.165) is 56.2 Å². The number of quaternary nitrogens is 1. The predicted molar refractivity (Wildman–Crippen MR) is 101 cm³/mol. The Morgan fingerprint density at radius 1 is 1.16 bits per heavy atom. The summed E-state index contributed by atoms with van der Waals surface area (Å²) in [6.07, 6.45) is 6.08. The van der Waals surface area contributed by atoms with E-state index < -0.39 is 0 Å². The van der Waals surface area contributed by atoms with E-state index in [-0.39, 0.29) is 11.0 Å². The van der Waals surface area contributed by atoms with Crippen LogP contribution in [0.25, 0.3) is 0 Å². The number of ether oxygens (including phenoxy) is 1. The minimum Gasteiger partial charge on any atom is -0.463 e. The molecule has 3 nitrogen and oxygen atoms in total. The van der Waals surface area contributed by atoms with Crippen LogP contribution in [0.1, 0.15) is 44.4 Å². The first-order valence-corrected chi connectivity index (χ1v) is 9.57. The second kappa shape index (κ2) is 7.94. The van der Waals surface area contributed by atoms with Crippen molar-refractivity contribution in [2.45, 2.75) is 51.7 Å². The molecule has 136 valence electrons. The molecule has 25 heavy (non-hydrogen) atoms. The maximum atomic E-state index is 6.45. The van der Waals surface area contributed by atoms with Gasteiger partial charge in [0, 0.05) is 18.1 Å². The van der Waals surface area contributed by atoms with Gasteiger partial charge in [0.15, 0.2) is 5.76 Å². The number of nitrogens with two attached hydrogens (primary N) is 1. The summed E-state index contributed by atoms with van der Waals surface area (Å²) < 4.78 is 11.4. The first-order chi connectivity index (χ1) is 12.0. The Labute approximate surface area is 155 Å². The van der Waals surface area contributed by atoms with Crippen molar-refractivity contribution in [2.75, 3.05) is 13.2 Å². The van der Waals surface area contributed by atoms with Crippen molar-refractivity contribution in [3.63, 3.8) is 0 Å². The summed E-state index contributed by atoms with van der Waals surface area (Å²) in [5.74, 6) is 1.03. The maximum Gasteiger partial charge on any atom is 0.157 e. The molecule has 1 aliphatic heterocycles. The molecule has 0 unspecified atom stereocenters. The SMILES string of the molecule is CC1(C)C[C@](CC[NH2+]Cc2ccco2)(Cc2ccccc2Cl)CCO1. The van der Waals surface area contributed by atoms with Crippen LogP contribution in [0.2, 0.25) is 5.02 Å². The Bertz CT molecular complexity index is 668. The smallest absolute Gasteiger partial charge is 0.157 e. The van der Waals surface area contributed by atoms with Crippen LogP contribution in [0.5, 0.6) is 0 Å². The highest BCUT2D eigenvalue weighted by Crippen LogP contribution is 2.44. The van der Waals surface area contributed by atoms with E-state index in [1.54, 1.807) is 6.26 Å². The molecule has 4 heteroatoms. The lowest BCUT2D eigenvalue weighted by molar-refractivity contribution is -0.674. The quantitative estimate of drug-likeness (QED) is 0.749. The van der Waals surface area contributed by atoms with Gasteiger partial charge in [0.05, 0.1) is 18.4 Å². The topological polar surface area (TPSA) is 39.0 Å². The molecule has 1 aliphatic rings. The van der Waals surface area contributed by atoms with E-state index >= 15 is 0 Å². The summed E-state index contributed by atoms with van der Waals surface area (Å²) in [4.78, 5) is 0. The van der Waals surface area contributed by atoms with Gasteiger partial charge in [0.1, 0.15) is 6.54 Å². The third-order valence-corrected chi connectivity index (χ3v) is 5.62. The molecule has 1 saturated heterocycles. The van der Waals surface area contributed by atoms with Crippen molar-refractivity contribution < 1.29 is 14.5 Å². The van der Waals surface area contributed by atoms with E-state index in [2.05, 4.69) is 31.3 Å². The Kier molecular flexibility index (Phi) is 5.88. The van der Waals surface area contributed by atoms with E-state index in [1.807, 2.05) is 24.3 Å². The number of furan rings is 1. The van der Waals surface area contributed by atoms with Crippen molar-refractivity contribution >= 4 is 11.6 Å². The van der Waals surface area contributed by atoms with Crippen molar-refractivity contribution in [2.24, 2.45) is 5.41 Å². The summed E-state index contributed by atoms with van der Waals surface area (Å²) in [6, 6.07) is 12.2. The summed E-state index contributed by atoms with van der Waals surface area (Å²) in [5, 5.41) is 3.22. The van der Waals surface area contributed by atoms with Gasteiger partial charge in [-0.1, -0.05) is 29.8 Å². The van der Waals surface area contributed by atoms with E-state index in [9.17, 15) is 0 Å². The first kappa shape index (κ1) is 18.5. The molecule has 0 amide bonds. The van der Waals surface area contributed by atoms with Crippen LogP contribution in [0.15, 0.2) is 47.1 Å². The molecule has 1 aromatic heterocycles. The number of benzene rings is 1. The molecule has 2 heterocycles. The molecule has 0 spiro atoms. The summed E-state index contributed by atoms with van der Waals surface area (Å²) in [6.45, 7) is 7.23. The predicted octanol–water partition coefficient (Wildman–Crippen LogP) is 4.20. The van der Waals surface area contributed by atoms with Crippen molar-refractivity contribution in [1.29, 1.82) is 0 Å². The third kappa shape index (κ3) is 5.10. The van der Waals surface area contributed by atoms with Gasteiger partial charge in [-0.2, -0.15) is 0 Å². The zero-order chi connectivity index (χ0) is 17.8. The lowest BCUT2D eigenvalue weighted by Crippen LogP contribution is -2.83. The molecule has 0 aliphatic carbocycles. The number of hydrogen-bond donors (Lipinski definition) is 1. The van der Waals surface area contributed by atoms with Crippen LogP contribution in [0.4, 0.5) is 0 Å². The number of halogens is 1. The summed E-state index contributed by atoms with van der Waals surface area (Å²) in [5.41, 5.74) is 1.43. The highest BCUT2D eigenvalue weighted by atomic mass is 35.5. The Morgan fingerprint density at radius 2 is 2.00 bits per heavy atom. The molecular weight excluding hydrogens is 334 g/mol. The van der Waals surface area contributed by atoms with Crippen LogP contribution in [-0.2, 0) is 17.7 Å². The van der Waals surface area contributed by atoms with Gasteiger partial charge in [-0.25, -0.2) is 0 Å². The first-order valence-electron chi connectivity index (χ1n) is 9.20. The van der Waals surface area contributed by atoms with Crippen LogP contribution < -0.4 is 5.32 Å². The molecule has 0 bridgehead atoms. The molecule has 0 radical (unpaired) electrons. The van der Waals surface area contributed by atoms with Crippen LogP contribution >= 0.6 is 11.6 Å². The van der Waals surface area contributed by atoms with Gasteiger partial charge < -0.3 is 14.5 Å². The lowest BCUT2D eigenvalue weighted by atomic mass is 9.68.